The van der Waals surface area contributed by atoms with Crippen LogP contribution in [0.3, 0.4) is 0 Å². The molecule has 0 radical (unpaired) electrons. The van der Waals surface area contributed by atoms with Crippen LogP contribution in [0.15, 0.2) is 12.7 Å². The van der Waals surface area contributed by atoms with E-state index in [-0.39, 0.29) is 12.1 Å². The van der Waals surface area contributed by atoms with Crippen LogP contribution >= 0.6 is 0 Å². The second kappa shape index (κ2) is 6.78. The number of nitrogens with zero attached hydrogens (tertiary/aromatic N) is 1. The molecule has 1 heterocycles. The molecule has 104 valence electrons. The lowest BCUT2D eigenvalue weighted by molar-refractivity contribution is 0.0479. The molecule has 0 aliphatic carbocycles. The number of rotatable bonds is 4. The number of carbonyl (C=O) groups is 1. The van der Waals surface area contributed by atoms with Crippen molar-refractivity contribution in [2.45, 2.75) is 51.7 Å². The average Bonchev–Trinajstić information content (AvgIpc) is 2.25. The summed E-state index contributed by atoms with van der Waals surface area (Å²) >= 11 is 0. The lowest BCUT2D eigenvalue weighted by Crippen LogP contribution is -2.46. The second-order valence-electron chi connectivity index (χ2n) is 5.84. The highest BCUT2D eigenvalue weighted by Gasteiger charge is 2.23. The molecular weight excluding hydrogens is 228 g/mol. The van der Waals surface area contributed by atoms with E-state index in [1.807, 2.05) is 26.8 Å². The summed E-state index contributed by atoms with van der Waals surface area (Å²) in [5, 5.41) is 2.94. The second-order valence-corrected chi connectivity index (χ2v) is 5.84. The van der Waals surface area contributed by atoms with Crippen LogP contribution in [-0.2, 0) is 4.74 Å². The van der Waals surface area contributed by atoms with Crippen LogP contribution in [0.4, 0.5) is 4.79 Å². The maximum atomic E-state index is 11.6. The molecule has 1 fully saturated rings. The minimum Gasteiger partial charge on any atom is -0.444 e. The first-order valence-electron chi connectivity index (χ1n) is 6.73. The summed E-state index contributed by atoms with van der Waals surface area (Å²) in [7, 11) is 0. The van der Waals surface area contributed by atoms with Crippen molar-refractivity contribution in [2.75, 3.05) is 19.6 Å². The van der Waals surface area contributed by atoms with Crippen LogP contribution in [0.5, 0.6) is 0 Å². The molecule has 0 aromatic heterocycles. The number of alkyl carbamates (subject to hydrolysis) is 1. The highest BCUT2D eigenvalue weighted by atomic mass is 16.6. The molecule has 0 aromatic carbocycles. The zero-order valence-electron chi connectivity index (χ0n) is 11.9. The predicted molar refractivity (Wildman–Crippen MR) is 73.6 cm³/mol. The van der Waals surface area contributed by atoms with Crippen LogP contribution in [-0.4, -0.2) is 42.3 Å². The molecule has 1 N–H and O–H groups in total. The van der Waals surface area contributed by atoms with Crippen LogP contribution in [0, 0.1) is 0 Å². The van der Waals surface area contributed by atoms with Crippen molar-refractivity contribution in [1.82, 2.24) is 10.2 Å². The molecule has 1 aliphatic rings. The Hall–Kier alpha value is -1.03. The molecule has 0 bridgehead atoms. The van der Waals surface area contributed by atoms with Gasteiger partial charge >= 0.3 is 6.09 Å². The Labute approximate surface area is 110 Å². The van der Waals surface area contributed by atoms with Crippen molar-refractivity contribution in [3.63, 3.8) is 0 Å². The highest BCUT2D eigenvalue weighted by molar-refractivity contribution is 5.68. The third kappa shape index (κ3) is 6.05. The largest absolute Gasteiger partial charge is 0.444 e. The Balaban J connectivity index is 2.23. The summed E-state index contributed by atoms with van der Waals surface area (Å²) in [6.45, 7) is 12.5. The van der Waals surface area contributed by atoms with E-state index < -0.39 is 5.60 Å². The summed E-state index contributed by atoms with van der Waals surface area (Å²) in [5.74, 6) is 0. The van der Waals surface area contributed by atoms with Gasteiger partial charge < -0.3 is 15.0 Å². The summed E-state index contributed by atoms with van der Waals surface area (Å²) in [6.07, 6.45) is 4.68. The number of likely N-dealkylation sites (tertiary alicyclic amines) is 1. The van der Waals surface area contributed by atoms with E-state index >= 15 is 0 Å². The number of carbonyl (C=O) groups excluding carboxylic acids is 1. The molecule has 0 aromatic rings. The third-order valence-electron chi connectivity index (χ3n) is 2.96. The third-order valence-corrected chi connectivity index (χ3v) is 2.96. The zero-order valence-corrected chi connectivity index (χ0v) is 11.9. The fourth-order valence-corrected chi connectivity index (χ4v) is 2.05. The molecular formula is C14H26N2O2. The normalized spacial score (nSPS) is 18.4. The topological polar surface area (TPSA) is 41.6 Å². The Kier molecular flexibility index (Phi) is 5.66. The van der Waals surface area contributed by atoms with Gasteiger partial charge in [-0.05, 0) is 40.0 Å². The molecule has 1 amide bonds. The van der Waals surface area contributed by atoms with Crippen molar-refractivity contribution in [3.8, 4) is 0 Å². The summed E-state index contributed by atoms with van der Waals surface area (Å²) in [5.41, 5.74) is -0.422. The number of hydrogen-bond donors (Lipinski definition) is 1. The zero-order chi connectivity index (χ0) is 13.6. The van der Waals surface area contributed by atoms with Gasteiger partial charge in [0.25, 0.3) is 0 Å². The van der Waals surface area contributed by atoms with Crippen molar-refractivity contribution in [3.05, 3.63) is 12.7 Å². The predicted octanol–water partition coefficient (Wildman–Crippen LogP) is 2.55. The van der Waals surface area contributed by atoms with E-state index in [0.717, 1.165) is 38.9 Å². The molecule has 4 heteroatoms. The van der Waals surface area contributed by atoms with E-state index in [4.69, 9.17) is 4.74 Å². The molecule has 18 heavy (non-hydrogen) atoms. The average molecular weight is 254 g/mol. The SMILES string of the molecule is C=CCCN1CCC(NC(=O)OC(C)(C)C)CC1. The van der Waals surface area contributed by atoms with Crippen LogP contribution in [0.25, 0.3) is 0 Å². The van der Waals surface area contributed by atoms with Gasteiger partial charge in [-0.15, -0.1) is 6.58 Å². The van der Waals surface area contributed by atoms with Crippen molar-refractivity contribution >= 4 is 6.09 Å². The number of piperidine rings is 1. The fourth-order valence-electron chi connectivity index (χ4n) is 2.05. The fraction of sp³-hybridized carbons (Fsp3) is 0.786. The smallest absolute Gasteiger partial charge is 0.407 e. The van der Waals surface area contributed by atoms with E-state index in [9.17, 15) is 4.79 Å². The molecule has 0 saturated carbocycles. The van der Waals surface area contributed by atoms with Gasteiger partial charge in [0.1, 0.15) is 5.60 Å². The monoisotopic (exact) mass is 254 g/mol. The number of amides is 1. The maximum absolute atomic E-state index is 11.6. The Bertz CT molecular complexity index is 276. The standard InChI is InChI=1S/C14H26N2O2/c1-5-6-9-16-10-7-12(8-11-16)15-13(17)18-14(2,3)4/h5,12H,1,6-11H2,2-4H3,(H,15,17). The summed E-state index contributed by atoms with van der Waals surface area (Å²) in [4.78, 5) is 14.0. The van der Waals surface area contributed by atoms with E-state index in [1.54, 1.807) is 0 Å². The highest BCUT2D eigenvalue weighted by Crippen LogP contribution is 2.12. The van der Waals surface area contributed by atoms with Crippen molar-refractivity contribution < 1.29 is 9.53 Å². The van der Waals surface area contributed by atoms with E-state index in [1.165, 1.54) is 0 Å². The Morgan fingerprint density at radius 2 is 2.06 bits per heavy atom. The summed E-state index contributed by atoms with van der Waals surface area (Å²) in [6, 6.07) is 0.250. The quantitative estimate of drug-likeness (QED) is 0.784. The first-order chi connectivity index (χ1) is 8.40. The molecule has 0 unspecified atom stereocenters. The van der Waals surface area contributed by atoms with E-state index in [2.05, 4.69) is 16.8 Å². The molecule has 0 spiro atoms. The van der Waals surface area contributed by atoms with Crippen molar-refractivity contribution in [2.24, 2.45) is 0 Å². The van der Waals surface area contributed by atoms with Gasteiger partial charge in [0, 0.05) is 25.7 Å². The first kappa shape index (κ1) is 15.0. The first-order valence-corrected chi connectivity index (χ1v) is 6.73. The number of ether oxygens (including phenoxy) is 1. The van der Waals surface area contributed by atoms with Gasteiger partial charge in [-0.25, -0.2) is 4.79 Å². The summed E-state index contributed by atoms with van der Waals surface area (Å²) < 4.78 is 5.26. The lowest BCUT2D eigenvalue weighted by atomic mass is 10.1. The molecule has 1 rings (SSSR count). The maximum Gasteiger partial charge on any atom is 0.407 e. The van der Waals surface area contributed by atoms with Gasteiger partial charge in [-0.3, -0.25) is 0 Å². The minimum absolute atomic E-state index is 0.250. The van der Waals surface area contributed by atoms with Gasteiger partial charge in [0.2, 0.25) is 0 Å². The van der Waals surface area contributed by atoms with Gasteiger partial charge in [0.05, 0.1) is 0 Å². The van der Waals surface area contributed by atoms with Crippen molar-refractivity contribution in [1.29, 1.82) is 0 Å². The van der Waals surface area contributed by atoms with E-state index in [0.29, 0.717) is 0 Å². The van der Waals surface area contributed by atoms with Crippen LogP contribution in [0.2, 0.25) is 0 Å². The van der Waals surface area contributed by atoms with Crippen LogP contribution in [0.1, 0.15) is 40.0 Å². The number of nitrogens with one attached hydrogen (secondary N) is 1. The van der Waals surface area contributed by atoms with Crippen LogP contribution < -0.4 is 5.32 Å². The molecule has 1 saturated heterocycles. The van der Waals surface area contributed by atoms with Gasteiger partial charge in [-0.2, -0.15) is 0 Å². The van der Waals surface area contributed by atoms with Gasteiger partial charge in [0.15, 0.2) is 0 Å². The molecule has 4 nitrogen and oxygen atoms in total. The minimum atomic E-state index is -0.422. The number of hydrogen-bond acceptors (Lipinski definition) is 3. The molecule has 1 aliphatic heterocycles. The van der Waals surface area contributed by atoms with Gasteiger partial charge in [-0.1, -0.05) is 6.08 Å². The Morgan fingerprint density at radius 1 is 1.44 bits per heavy atom. The lowest BCUT2D eigenvalue weighted by Gasteiger charge is -2.32. The Morgan fingerprint density at radius 3 is 2.56 bits per heavy atom. The molecule has 0 atom stereocenters.